The molecule has 0 radical (unpaired) electrons. The lowest BCUT2D eigenvalue weighted by atomic mass is 9.81. The van der Waals surface area contributed by atoms with Gasteiger partial charge in [0.25, 0.3) is 0 Å². The molecule has 1 aliphatic carbocycles. The third-order valence-corrected chi connectivity index (χ3v) is 5.50. The van der Waals surface area contributed by atoms with Gasteiger partial charge in [-0.25, -0.2) is 0 Å². The molecule has 2 aliphatic rings. The zero-order valence-electron chi connectivity index (χ0n) is 11.9. The normalized spacial score (nSPS) is 26.1. The van der Waals surface area contributed by atoms with Crippen molar-refractivity contribution in [2.24, 2.45) is 0 Å². The Hall–Kier alpha value is -0.830. The van der Waals surface area contributed by atoms with E-state index in [-0.39, 0.29) is 5.92 Å². The van der Waals surface area contributed by atoms with E-state index in [9.17, 15) is 4.79 Å². The number of fused-ring (bicyclic) bond motifs is 1. The molecule has 3 heteroatoms. The summed E-state index contributed by atoms with van der Waals surface area (Å²) in [5.41, 5.74) is 2.66. The predicted octanol–water partition coefficient (Wildman–Crippen LogP) is 3.88. The molecule has 1 aromatic rings. The minimum Gasteiger partial charge on any atom is -0.338 e. The van der Waals surface area contributed by atoms with Gasteiger partial charge < -0.3 is 4.90 Å². The van der Waals surface area contributed by atoms with Gasteiger partial charge in [-0.1, -0.05) is 40.2 Å². The average Bonchev–Trinajstić information content (AvgIpc) is 2.53. The van der Waals surface area contributed by atoms with Crippen LogP contribution < -0.4 is 0 Å². The Balaban J connectivity index is 1.84. The number of amides is 1. The molecule has 0 saturated carbocycles. The van der Waals surface area contributed by atoms with Crippen LogP contribution in [-0.4, -0.2) is 28.7 Å². The summed E-state index contributed by atoms with van der Waals surface area (Å²) in [7, 11) is 0. The van der Waals surface area contributed by atoms with E-state index in [0.717, 1.165) is 44.0 Å². The van der Waals surface area contributed by atoms with Gasteiger partial charge >= 0.3 is 0 Å². The highest BCUT2D eigenvalue weighted by molar-refractivity contribution is 9.09. The molecule has 1 aromatic carbocycles. The van der Waals surface area contributed by atoms with Crippen LogP contribution in [0.2, 0.25) is 0 Å². The topological polar surface area (TPSA) is 20.3 Å². The largest absolute Gasteiger partial charge is 0.338 e. The molecule has 1 heterocycles. The molecule has 2 unspecified atom stereocenters. The van der Waals surface area contributed by atoms with Crippen molar-refractivity contribution in [3.8, 4) is 0 Å². The molecule has 1 fully saturated rings. The first-order valence-corrected chi connectivity index (χ1v) is 8.87. The SMILES string of the molecule is O=C(C1CCCc2ccccc21)N1CCCCC1CBr. The first-order chi connectivity index (χ1) is 9.81. The van der Waals surface area contributed by atoms with Crippen molar-refractivity contribution in [1.29, 1.82) is 0 Å². The second-order valence-electron chi connectivity index (χ2n) is 5.98. The molecule has 1 amide bonds. The number of carbonyl (C=O) groups is 1. The van der Waals surface area contributed by atoms with Gasteiger partial charge in [-0.15, -0.1) is 0 Å². The Bertz CT molecular complexity index is 488. The second-order valence-corrected chi connectivity index (χ2v) is 6.63. The molecule has 2 atom stereocenters. The molecule has 0 spiro atoms. The third kappa shape index (κ3) is 2.65. The number of rotatable bonds is 2. The van der Waals surface area contributed by atoms with Crippen LogP contribution >= 0.6 is 15.9 Å². The van der Waals surface area contributed by atoms with Crippen LogP contribution in [0.15, 0.2) is 24.3 Å². The lowest BCUT2D eigenvalue weighted by molar-refractivity contribution is -0.136. The number of halogens is 1. The third-order valence-electron chi connectivity index (χ3n) is 4.76. The van der Waals surface area contributed by atoms with Crippen molar-refractivity contribution in [3.63, 3.8) is 0 Å². The van der Waals surface area contributed by atoms with Gasteiger partial charge in [0.15, 0.2) is 0 Å². The summed E-state index contributed by atoms with van der Waals surface area (Å²) in [4.78, 5) is 15.1. The minimum atomic E-state index is 0.0969. The van der Waals surface area contributed by atoms with Crippen LogP contribution in [0.1, 0.15) is 49.1 Å². The molecule has 20 heavy (non-hydrogen) atoms. The number of hydrogen-bond donors (Lipinski definition) is 0. The van der Waals surface area contributed by atoms with Crippen molar-refractivity contribution < 1.29 is 4.79 Å². The Labute approximate surface area is 129 Å². The van der Waals surface area contributed by atoms with Crippen molar-refractivity contribution in [1.82, 2.24) is 4.90 Å². The Morgan fingerprint density at radius 1 is 1.20 bits per heavy atom. The molecule has 0 aromatic heterocycles. The van der Waals surface area contributed by atoms with Crippen LogP contribution in [0.3, 0.4) is 0 Å². The maximum Gasteiger partial charge on any atom is 0.230 e. The van der Waals surface area contributed by atoms with E-state index < -0.39 is 0 Å². The fourth-order valence-electron chi connectivity index (χ4n) is 3.66. The second kappa shape index (κ2) is 6.30. The summed E-state index contributed by atoms with van der Waals surface area (Å²) in [6, 6.07) is 8.90. The van der Waals surface area contributed by atoms with E-state index >= 15 is 0 Å². The van der Waals surface area contributed by atoms with E-state index in [2.05, 4.69) is 45.1 Å². The zero-order valence-corrected chi connectivity index (χ0v) is 13.4. The maximum atomic E-state index is 13.0. The molecular formula is C17H22BrNO. The quantitative estimate of drug-likeness (QED) is 0.751. The maximum absolute atomic E-state index is 13.0. The first-order valence-electron chi connectivity index (χ1n) is 7.75. The summed E-state index contributed by atoms with van der Waals surface area (Å²) in [6.07, 6.45) is 6.83. The van der Waals surface area contributed by atoms with Crippen molar-refractivity contribution in [3.05, 3.63) is 35.4 Å². The van der Waals surface area contributed by atoms with E-state index in [0.29, 0.717) is 11.9 Å². The number of aryl methyl sites for hydroxylation is 1. The van der Waals surface area contributed by atoms with E-state index in [1.165, 1.54) is 17.5 Å². The Morgan fingerprint density at radius 2 is 2.05 bits per heavy atom. The van der Waals surface area contributed by atoms with Gasteiger partial charge in [0.05, 0.1) is 5.92 Å². The molecule has 2 nitrogen and oxygen atoms in total. The zero-order chi connectivity index (χ0) is 13.9. The number of carbonyl (C=O) groups excluding carboxylic acids is 1. The van der Waals surface area contributed by atoms with E-state index in [4.69, 9.17) is 0 Å². The highest BCUT2D eigenvalue weighted by Crippen LogP contribution is 2.34. The lowest BCUT2D eigenvalue weighted by Crippen LogP contribution is -2.47. The molecule has 0 bridgehead atoms. The van der Waals surface area contributed by atoms with Crippen LogP contribution in [0.25, 0.3) is 0 Å². The van der Waals surface area contributed by atoms with E-state index in [1.807, 2.05) is 0 Å². The molecule has 0 N–H and O–H groups in total. The molecule has 3 rings (SSSR count). The smallest absolute Gasteiger partial charge is 0.230 e. The van der Waals surface area contributed by atoms with Crippen LogP contribution in [0.4, 0.5) is 0 Å². The summed E-state index contributed by atoms with van der Waals surface area (Å²) in [5.74, 6) is 0.459. The van der Waals surface area contributed by atoms with Gasteiger partial charge in [0.2, 0.25) is 5.91 Å². The van der Waals surface area contributed by atoms with Crippen molar-refractivity contribution >= 4 is 21.8 Å². The Kier molecular flexibility index (Phi) is 4.45. The Morgan fingerprint density at radius 3 is 2.90 bits per heavy atom. The average molecular weight is 336 g/mol. The number of benzene rings is 1. The number of likely N-dealkylation sites (tertiary alicyclic amines) is 1. The highest BCUT2D eigenvalue weighted by Gasteiger charge is 2.33. The molecule has 1 aliphatic heterocycles. The molecular weight excluding hydrogens is 314 g/mol. The summed E-state index contributed by atoms with van der Waals surface area (Å²) in [5, 5.41) is 0.910. The van der Waals surface area contributed by atoms with Crippen molar-refractivity contribution in [2.45, 2.75) is 50.5 Å². The van der Waals surface area contributed by atoms with Crippen LogP contribution in [0.5, 0.6) is 0 Å². The van der Waals surface area contributed by atoms with Gasteiger partial charge in [-0.3, -0.25) is 4.79 Å². The van der Waals surface area contributed by atoms with Gasteiger partial charge in [0, 0.05) is 17.9 Å². The fourth-order valence-corrected chi connectivity index (χ4v) is 4.34. The van der Waals surface area contributed by atoms with Gasteiger partial charge in [-0.2, -0.15) is 0 Å². The summed E-state index contributed by atoms with van der Waals surface area (Å²) in [6.45, 7) is 0.938. The lowest BCUT2D eigenvalue weighted by Gasteiger charge is -2.38. The van der Waals surface area contributed by atoms with Gasteiger partial charge in [-0.05, 0) is 49.7 Å². The van der Waals surface area contributed by atoms with Gasteiger partial charge in [0.1, 0.15) is 0 Å². The van der Waals surface area contributed by atoms with Crippen molar-refractivity contribution in [2.75, 3.05) is 11.9 Å². The number of alkyl halides is 1. The highest BCUT2D eigenvalue weighted by atomic mass is 79.9. The fraction of sp³-hybridized carbons (Fsp3) is 0.588. The number of hydrogen-bond acceptors (Lipinski definition) is 1. The van der Waals surface area contributed by atoms with Crippen LogP contribution in [0, 0.1) is 0 Å². The first kappa shape index (κ1) is 14.1. The summed E-state index contributed by atoms with van der Waals surface area (Å²) < 4.78 is 0. The van der Waals surface area contributed by atoms with E-state index in [1.54, 1.807) is 0 Å². The molecule has 108 valence electrons. The standard InChI is InChI=1S/C17H22BrNO/c18-12-14-8-3-4-11-19(14)17(20)16-10-5-7-13-6-1-2-9-15(13)16/h1-2,6,9,14,16H,3-5,7-8,10-12H2. The minimum absolute atomic E-state index is 0.0969. The summed E-state index contributed by atoms with van der Waals surface area (Å²) >= 11 is 3.58. The number of nitrogens with zero attached hydrogens (tertiary/aromatic N) is 1. The van der Waals surface area contributed by atoms with Crippen LogP contribution in [-0.2, 0) is 11.2 Å². The predicted molar refractivity (Wildman–Crippen MR) is 85.3 cm³/mol. The number of piperidine rings is 1. The molecule has 1 saturated heterocycles. The monoisotopic (exact) mass is 335 g/mol.